The maximum atomic E-state index is 12.9. The first kappa shape index (κ1) is 14.8. The second-order valence-electron chi connectivity index (χ2n) is 5.15. The predicted octanol–water partition coefficient (Wildman–Crippen LogP) is 2.79. The van der Waals surface area contributed by atoms with Crippen LogP contribution >= 0.6 is 22.9 Å². The van der Waals surface area contributed by atoms with E-state index in [0.717, 1.165) is 22.5 Å². The van der Waals surface area contributed by atoms with Gasteiger partial charge in [-0.05, 0) is 36.6 Å². The third kappa shape index (κ3) is 2.57. The third-order valence-corrected chi connectivity index (χ3v) is 7.31. The minimum Gasteiger partial charge on any atom is -0.326 e. The molecule has 21 heavy (non-hydrogen) atoms. The summed E-state index contributed by atoms with van der Waals surface area (Å²) in [5.74, 6) is 0. The normalized spacial score (nSPS) is 18.6. The van der Waals surface area contributed by atoms with Crippen LogP contribution in [-0.4, -0.2) is 21.0 Å². The summed E-state index contributed by atoms with van der Waals surface area (Å²) in [7, 11) is -3.62. The van der Waals surface area contributed by atoms with Crippen molar-refractivity contribution >= 4 is 38.6 Å². The van der Waals surface area contributed by atoms with Crippen molar-refractivity contribution in [3.05, 3.63) is 45.8 Å². The van der Waals surface area contributed by atoms with E-state index in [2.05, 4.69) is 0 Å². The van der Waals surface area contributed by atoms with Crippen LogP contribution in [0.3, 0.4) is 0 Å². The van der Waals surface area contributed by atoms with Gasteiger partial charge in [0, 0.05) is 12.6 Å². The Hall–Kier alpha value is -1.08. The van der Waals surface area contributed by atoms with Gasteiger partial charge in [0.05, 0.1) is 10.0 Å². The highest BCUT2D eigenvalue weighted by Gasteiger charge is 2.33. The van der Waals surface area contributed by atoms with Crippen LogP contribution in [0.15, 0.2) is 34.5 Å². The molecule has 0 radical (unpaired) electrons. The molecule has 112 valence electrons. The fourth-order valence-electron chi connectivity index (χ4n) is 2.48. The molecule has 2 aromatic rings. The Morgan fingerprint density at radius 1 is 1.38 bits per heavy atom. The summed E-state index contributed by atoms with van der Waals surface area (Å²) in [4.78, 5) is 0. The lowest BCUT2D eigenvalue weighted by molar-refractivity contribution is 0.577. The number of hydrogen-bond acceptors (Lipinski definition) is 4. The van der Waals surface area contributed by atoms with E-state index in [1.165, 1.54) is 4.31 Å². The number of sulfonamides is 1. The standard InChI is InChI=1S/C14H15ClN2O2S2/c1-9-6-13(20-14(9)15)21(18,19)17-8-11(16)7-10-4-2-3-5-12(10)17/h2-6,11H,7-8,16H2,1H3. The van der Waals surface area contributed by atoms with Gasteiger partial charge in [0.15, 0.2) is 0 Å². The fraction of sp³-hybridized carbons (Fsp3) is 0.286. The third-order valence-electron chi connectivity index (χ3n) is 3.52. The number of aryl methyl sites for hydroxylation is 1. The molecule has 0 amide bonds. The molecular formula is C14H15ClN2O2S2. The molecule has 0 fully saturated rings. The molecule has 1 unspecified atom stereocenters. The van der Waals surface area contributed by atoms with Crippen molar-refractivity contribution in [3.63, 3.8) is 0 Å². The molecule has 0 bridgehead atoms. The average Bonchev–Trinajstić information content (AvgIpc) is 2.78. The first-order valence-corrected chi connectivity index (χ1v) is 9.15. The van der Waals surface area contributed by atoms with Gasteiger partial charge in [-0.3, -0.25) is 4.31 Å². The summed E-state index contributed by atoms with van der Waals surface area (Å²) in [6.45, 7) is 2.08. The Bertz CT molecular complexity index is 767. The molecule has 0 saturated carbocycles. The van der Waals surface area contributed by atoms with Gasteiger partial charge in [-0.25, -0.2) is 8.42 Å². The van der Waals surface area contributed by atoms with Crippen molar-refractivity contribution in [3.8, 4) is 0 Å². The van der Waals surface area contributed by atoms with E-state index in [1.807, 2.05) is 24.3 Å². The number of rotatable bonds is 2. The van der Waals surface area contributed by atoms with Gasteiger partial charge in [0.25, 0.3) is 10.0 Å². The molecule has 2 heterocycles. The number of nitrogens with zero attached hydrogens (tertiary/aromatic N) is 1. The number of halogens is 1. The highest BCUT2D eigenvalue weighted by Crippen LogP contribution is 2.36. The second-order valence-corrected chi connectivity index (χ2v) is 8.89. The van der Waals surface area contributed by atoms with Crippen LogP contribution in [0.1, 0.15) is 11.1 Å². The SMILES string of the molecule is Cc1cc(S(=O)(=O)N2CC(N)Cc3ccccc32)sc1Cl. The summed E-state index contributed by atoms with van der Waals surface area (Å²) in [6, 6.07) is 8.89. The summed E-state index contributed by atoms with van der Waals surface area (Å²) < 4.78 is 27.9. The molecule has 3 rings (SSSR count). The monoisotopic (exact) mass is 342 g/mol. The van der Waals surface area contributed by atoms with Crippen LogP contribution in [0.25, 0.3) is 0 Å². The number of para-hydroxylation sites is 1. The topological polar surface area (TPSA) is 63.4 Å². The lowest BCUT2D eigenvalue weighted by Crippen LogP contribution is -2.46. The van der Waals surface area contributed by atoms with Crippen LogP contribution in [0.4, 0.5) is 5.69 Å². The van der Waals surface area contributed by atoms with E-state index in [-0.39, 0.29) is 16.8 Å². The van der Waals surface area contributed by atoms with Crippen molar-refractivity contribution in [2.45, 2.75) is 23.6 Å². The highest BCUT2D eigenvalue weighted by atomic mass is 35.5. The number of benzene rings is 1. The van der Waals surface area contributed by atoms with Crippen LogP contribution < -0.4 is 10.0 Å². The number of thiophene rings is 1. The maximum Gasteiger partial charge on any atom is 0.273 e. The van der Waals surface area contributed by atoms with E-state index in [1.54, 1.807) is 13.0 Å². The molecular weight excluding hydrogens is 328 g/mol. The lowest BCUT2D eigenvalue weighted by atomic mass is 10.0. The summed E-state index contributed by atoms with van der Waals surface area (Å²) >= 11 is 7.10. The second kappa shape index (κ2) is 5.28. The molecule has 1 aromatic heterocycles. The Balaban J connectivity index is 2.11. The van der Waals surface area contributed by atoms with Crippen molar-refractivity contribution in [2.75, 3.05) is 10.8 Å². The van der Waals surface area contributed by atoms with Crippen LogP contribution in [0, 0.1) is 6.92 Å². The molecule has 1 aromatic carbocycles. The fourth-order valence-corrected chi connectivity index (χ4v) is 5.86. The molecule has 0 aliphatic carbocycles. The molecule has 7 heteroatoms. The highest BCUT2D eigenvalue weighted by molar-refractivity contribution is 7.94. The van der Waals surface area contributed by atoms with Crippen molar-refractivity contribution in [1.29, 1.82) is 0 Å². The zero-order valence-corrected chi connectivity index (χ0v) is 13.8. The molecule has 2 N–H and O–H groups in total. The molecule has 4 nitrogen and oxygen atoms in total. The summed E-state index contributed by atoms with van der Waals surface area (Å²) in [5.41, 5.74) is 8.46. The van der Waals surface area contributed by atoms with E-state index < -0.39 is 10.0 Å². The first-order valence-electron chi connectivity index (χ1n) is 6.52. The predicted molar refractivity (Wildman–Crippen MR) is 86.7 cm³/mol. The first-order chi connectivity index (χ1) is 9.89. The maximum absolute atomic E-state index is 12.9. The zero-order chi connectivity index (χ0) is 15.2. The Morgan fingerprint density at radius 3 is 2.76 bits per heavy atom. The largest absolute Gasteiger partial charge is 0.326 e. The summed E-state index contributed by atoms with van der Waals surface area (Å²) in [5, 5.41) is 0. The Kier molecular flexibility index (Phi) is 3.73. The van der Waals surface area contributed by atoms with Gasteiger partial charge in [0.2, 0.25) is 0 Å². The summed E-state index contributed by atoms with van der Waals surface area (Å²) in [6.07, 6.45) is 0.687. The van der Waals surface area contributed by atoms with Gasteiger partial charge in [0.1, 0.15) is 4.21 Å². The van der Waals surface area contributed by atoms with E-state index in [9.17, 15) is 8.42 Å². The van der Waals surface area contributed by atoms with Crippen molar-refractivity contribution < 1.29 is 8.42 Å². The quantitative estimate of drug-likeness (QED) is 0.912. The zero-order valence-electron chi connectivity index (χ0n) is 11.4. The smallest absolute Gasteiger partial charge is 0.273 e. The molecule has 0 spiro atoms. The lowest BCUT2D eigenvalue weighted by Gasteiger charge is -2.33. The van der Waals surface area contributed by atoms with Crippen LogP contribution in [0.2, 0.25) is 4.34 Å². The number of fused-ring (bicyclic) bond motifs is 1. The van der Waals surface area contributed by atoms with Gasteiger partial charge in [-0.2, -0.15) is 0 Å². The van der Waals surface area contributed by atoms with Crippen LogP contribution in [-0.2, 0) is 16.4 Å². The number of nitrogens with two attached hydrogens (primary N) is 1. The van der Waals surface area contributed by atoms with Gasteiger partial charge in [-0.15, -0.1) is 11.3 Å². The van der Waals surface area contributed by atoms with Gasteiger partial charge < -0.3 is 5.73 Å². The number of anilines is 1. The minimum atomic E-state index is -3.62. The Morgan fingerprint density at radius 2 is 2.10 bits per heavy atom. The van der Waals surface area contributed by atoms with E-state index >= 15 is 0 Å². The van der Waals surface area contributed by atoms with Crippen molar-refractivity contribution in [1.82, 2.24) is 0 Å². The molecule has 1 aliphatic rings. The molecule has 1 aliphatic heterocycles. The van der Waals surface area contributed by atoms with Crippen molar-refractivity contribution in [2.24, 2.45) is 5.73 Å². The molecule has 1 atom stereocenters. The van der Waals surface area contributed by atoms with Gasteiger partial charge in [-0.1, -0.05) is 29.8 Å². The number of hydrogen-bond donors (Lipinski definition) is 1. The van der Waals surface area contributed by atoms with E-state index in [0.29, 0.717) is 16.4 Å². The molecule has 0 saturated heterocycles. The average molecular weight is 343 g/mol. The Labute approximate surface area is 133 Å². The van der Waals surface area contributed by atoms with Crippen LogP contribution in [0.5, 0.6) is 0 Å². The van der Waals surface area contributed by atoms with E-state index in [4.69, 9.17) is 17.3 Å². The minimum absolute atomic E-state index is 0.203. The van der Waals surface area contributed by atoms with Gasteiger partial charge >= 0.3 is 0 Å².